The predicted molar refractivity (Wildman–Crippen MR) is 80.4 cm³/mol. The lowest BCUT2D eigenvalue weighted by molar-refractivity contribution is 0.182. The van der Waals surface area contributed by atoms with Gasteiger partial charge >= 0.3 is 0 Å². The summed E-state index contributed by atoms with van der Waals surface area (Å²) >= 11 is 1.65. The lowest BCUT2D eigenvalue weighted by Crippen LogP contribution is -2.24. The number of hydrogen-bond acceptors (Lipinski definition) is 5. The fourth-order valence-electron chi connectivity index (χ4n) is 2.02. The number of methoxy groups -OCH3 is 2. The maximum atomic E-state index is 5.23. The van der Waals surface area contributed by atoms with Gasteiger partial charge in [0, 0.05) is 7.11 Å². The number of nitrogens with zero attached hydrogens (tertiary/aromatic N) is 1. The second kappa shape index (κ2) is 6.73. The van der Waals surface area contributed by atoms with Gasteiger partial charge < -0.3 is 14.8 Å². The highest BCUT2D eigenvalue weighted by Crippen LogP contribution is 2.29. The molecular weight excluding hydrogens is 260 g/mol. The van der Waals surface area contributed by atoms with Crippen molar-refractivity contribution in [2.75, 3.05) is 26.1 Å². The van der Waals surface area contributed by atoms with Gasteiger partial charge in [-0.25, -0.2) is 4.98 Å². The van der Waals surface area contributed by atoms with Crippen molar-refractivity contribution < 1.29 is 9.47 Å². The van der Waals surface area contributed by atoms with Crippen LogP contribution in [-0.4, -0.2) is 31.9 Å². The highest BCUT2D eigenvalue weighted by molar-refractivity contribution is 7.22. The normalized spacial score (nSPS) is 12.6. The molecule has 0 saturated heterocycles. The van der Waals surface area contributed by atoms with Crippen LogP contribution in [0, 0.1) is 0 Å². The number of fused-ring (bicyclic) bond motifs is 1. The van der Waals surface area contributed by atoms with Crippen molar-refractivity contribution in [2.24, 2.45) is 0 Å². The molecule has 5 heteroatoms. The molecule has 0 bridgehead atoms. The smallest absolute Gasteiger partial charge is 0.184 e. The Bertz CT molecular complexity index is 521. The zero-order valence-corrected chi connectivity index (χ0v) is 12.4. The van der Waals surface area contributed by atoms with E-state index >= 15 is 0 Å². The fraction of sp³-hybridized carbons (Fsp3) is 0.500. The molecule has 4 nitrogen and oxygen atoms in total. The molecule has 0 aliphatic heterocycles. The summed E-state index contributed by atoms with van der Waals surface area (Å²) in [6.07, 6.45) is 2.20. The van der Waals surface area contributed by atoms with E-state index in [9.17, 15) is 0 Å². The van der Waals surface area contributed by atoms with E-state index in [1.165, 1.54) is 0 Å². The summed E-state index contributed by atoms with van der Waals surface area (Å²) in [5, 5.41) is 4.39. The minimum Gasteiger partial charge on any atom is -0.497 e. The maximum absolute atomic E-state index is 5.23. The number of anilines is 1. The van der Waals surface area contributed by atoms with E-state index in [-0.39, 0.29) is 0 Å². The molecule has 1 aromatic carbocycles. The van der Waals surface area contributed by atoms with Crippen molar-refractivity contribution in [2.45, 2.75) is 25.8 Å². The van der Waals surface area contributed by atoms with E-state index in [4.69, 9.17) is 9.47 Å². The molecule has 1 aromatic heterocycles. The number of rotatable bonds is 7. The third kappa shape index (κ3) is 3.58. The standard InChI is InChI=1S/C14H20N2O2S/c1-4-5-10(9-17-2)15-14-16-12-7-6-11(18-3)8-13(12)19-14/h6-8,10H,4-5,9H2,1-3H3,(H,15,16). The molecule has 104 valence electrons. The van der Waals surface area contributed by atoms with Crippen molar-refractivity contribution in [1.29, 1.82) is 0 Å². The molecule has 1 N–H and O–H groups in total. The quantitative estimate of drug-likeness (QED) is 0.842. The first-order chi connectivity index (χ1) is 9.26. The Morgan fingerprint density at radius 1 is 1.37 bits per heavy atom. The first kappa shape index (κ1) is 14.1. The van der Waals surface area contributed by atoms with E-state index in [0.717, 1.165) is 33.9 Å². The molecule has 0 spiro atoms. The number of hydrogen-bond donors (Lipinski definition) is 1. The highest BCUT2D eigenvalue weighted by atomic mass is 32.1. The first-order valence-corrected chi connectivity index (χ1v) is 7.28. The fourth-order valence-corrected chi connectivity index (χ4v) is 2.99. The van der Waals surface area contributed by atoms with Crippen LogP contribution in [0.2, 0.25) is 0 Å². The first-order valence-electron chi connectivity index (χ1n) is 6.47. The van der Waals surface area contributed by atoms with Crippen LogP contribution in [0.5, 0.6) is 5.75 Å². The molecule has 1 atom stereocenters. The van der Waals surface area contributed by atoms with Crippen LogP contribution in [0.1, 0.15) is 19.8 Å². The van der Waals surface area contributed by atoms with Crippen LogP contribution >= 0.6 is 11.3 Å². The summed E-state index contributed by atoms with van der Waals surface area (Å²) in [5.74, 6) is 0.865. The van der Waals surface area contributed by atoms with Crippen LogP contribution in [0.15, 0.2) is 18.2 Å². The zero-order valence-electron chi connectivity index (χ0n) is 11.6. The highest BCUT2D eigenvalue weighted by Gasteiger charge is 2.11. The summed E-state index contributed by atoms with van der Waals surface area (Å²) in [5.41, 5.74) is 1.00. The molecule has 1 heterocycles. The summed E-state index contributed by atoms with van der Waals surface area (Å²) < 4.78 is 11.6. The summed E-state index contributed by atoms with van der Waals surface area (Å²) in [6, 6.07) is 6.26. The van der Waals surface area contributed by atoms with E-state index in [0.29, 0.717) is 12.6 Å². The molecule has 0 aliphatic rings. The third-order valence-electron chi connectivity index (χ3n) is 2.93. The molecule has 2 rings (SSSR count). The second-order valence-electron chi connectivity index (χ2n) is 4.44. The van der Waals surface area contributed by atoms with Gasteiger partial charge in [0.05, 0.1) is 30.0 Å². The van der Waals surface area contributed by atoms with Crippen molar-refractivity contribution in [1.82, 2.24) is 4.98 Å². The molecule has 0 amide bonds. The number of benzene rings is 1. The molecule has 0 aliphatic carbocycles. The van der Waals surface area contributed by atoms with Gasteiger partial charge in [0.2, 0.25) is 0 Å². The van der Waals surface area contributed by atoms with Crippen LogP contribution in [0.4, 0.5) is 5.13 Å². The molecule has 2 aromatic rings. The average molecular weight is 280 g/mol. The van der Waals surface area contributed by atoms with Crippen LogP contribution < -0.4 is 10.1 Å². The summed E-state index contributed by atoms with van der Waals surface area (Å²) in [6.45, 7) is 2.88. The largest absolute Gasteiger partial charge is 0.497 e. The van der Waals surface area contributed by atoms with E-state index < -0.39 is 0 Å². The average Bonchev–Trinajstić information content (AvgIpc) is 2.80. The molecule has 0 radical (unpaired) electrons. The minimum absolute atomic E-state index is 0.317. The minimum atomic E-state index is 0.317. The van der Waals surface area contributed by atoms with Gasteiger partial charge in [0.25, 0.3) is 0 Å². The van der Waals surface area contributed by atoms with Gasteiger partial charge in [0.1, 0.15) is 5.75 Å². The molecule has 1 unspecified atom stereocenters. The lowest BCUT2D eigenvalue weighted by Gasteiger charge is -2.15. The zero-order chi connectivity index (χ0) is 13.7. The Kier molecular flexibility index (Phi) is 4.99. The van der Waals surface area contributed by atoms with Crippen molar-refractivity contribution in [3.05, 3.63) is 18.2 Å². The van der Waals surface area contributed by atoms with Gasteiger partial charge in [0.15, 0.2) is 5.13 Å². The number of aromatic nitrogens is 1. The topological polar surface area (TPSA) is 43.4 Å². The predicted octanol–water partition coefficient (Wildman–Crippen LogP) is 3.53. The van der Waals surface area contributed by atoms with E-state index in [1.54, 1.807) is 25.6 Å². The van der Waals surface area contributed by atoms with Crippen molar-refractivity contribution in [3.8, 4) is 5.75 Å². The number of ether oxygens (including phenoxy) is 2. The van der Waals surface area contributed by atoms with Crippen LogP contribution in [0.3, 0.4) is 0 Å². The van der Waals surface area contributed by atoms with Gasteiger partial charge in [-0.2, -0.15) is 0 Å². The number of thiazole rings is 1. The Hall–Kier alpha value is -1.33. The monoisotopic (exact) mass is 280 g/mol. The van der Waals surface area contributed by atoms with Gasteiger partial charge in [-0.15, -0.1) is 0 Å². The third-order valence-corrected chi connectivity index (χ3v) is 3.88. The van der Waals surface area contributed by atoms with Crippen LogP contribution in [-0.2, 0) is 4.74 Å². The Morgan fingerprint density at radius 2 is 2.21 bits per heavy atom. The van der Waals surface area contributed by atoms with Crippen LogP contribution in [0.25, 0.3) is 10.2 Å². The summed E-state index contributed by atoms with van der Waals surface area (Å²) in [7, 11) is 3.41. The van der Waals surface area contributed by atoms with E-state index in [1.807, 2.05) is 18.2 Å². The molecule has 0 saturated carbocycles. The Balaban J connectivity index is 2.15. The Labute approximate surface area is 117 Å². The maximum Gasteiger partial charge on any atom is 0.184 e. The lowest BCUT2D eigenvalue weighted by atomic mass is 10.2. The molecule has 0 fully saturated rings. The van der Waals surface area contributed by atoms with Gasteiger partial charge in [-0.05, 0) is 24.6 Å². The second-order valence-corrected chi connectivity index (χ2v) is 5.47. The molecule has 19 heavy (non-hydrogen) atoms. The van der Waals surface area contributed by atoms with E-state index in [2.05, 4.69) is 17.2 Å². The SMILES string of the molecule is CCCC(COC)Nc1nc2ccc(OC)cc2s1. The van der Waals surface area contributed by atoms with Crippen molar-refractivity contribution >= 4 is 26.7 Å². The Morgan fingerprint density at radius 3 is 2.89 bits per heavy atom. The number of nitrogens with one attached hydrogen (secondary N) is 1. The van der Waals surface area contributed by atoms with Crippen molar-refractivity contribution in [3.63, 3.8) is 0 Å². The van der Waals surface area contributed by atoms with Gasteiger partial charge in [-0.1, -0.05) is 24.7 Å². The summed E-state index contributed by atoms with van der Waals surface area (Å²) in [4.78, 5) is 4.59. The van der Waals surface area contributed by atoms with Gasteiger partial charge in [-0.3, -0.25) is 0 Å². The molecular formula is C14H20N2O2S.